The first-order valence-corrected chi connectivity index (χ1v) is 6.06. The topological polar surface area (TPSA) is 58.6 Å². The van der Waals surface area contributed by atoms with Gasteiger partial charge in [0.2, 0.25) is 0 Å². The van der Waals surface area contributed by atoms with Gasteiger partial charge >= 0.3 is 5.97 Å². The molecule has 0 saturated carbocycles. The predicted molar refractivity (Wildman–Crippen MR) is 70.8 cm³/mol. The summed E-state index contributed by atoms with van der Waals surface area (Å²) in [7, 11) is 1.45. The molecule has 0 amide bonds. The molecule has 0 aliphatic carbocycles. The van der Waals surface area contributed by atoms with E-state index in [2.05, 4.69) is 21.2 Å². The third-order valence-electron chi connectivity index (χ3n) is 2.21. The Morgan fingerprint density at radius 3 is 2.82 bits per heavy atom. The van der Waals surface area contributed by atoms with Crippen molar-refractivity contribution >= 4 is 39.2 Å². The molecule has 0 fully saturated rings. The number of ether oxygens (including phenoxy) is 1. The zero-order valence-corrected chi connectivity index (χ0v) is 11.8. The zero-order chi connectivity index (χ0) is 13.0. The van der Waals surface area contributed by atoms with Gasteiger partial charge in [-0.05, 0) is 40.5 Å². The largest absolute Gasteiger partial charge is 0.480 e. The lowest BCUT2D eigenvalue weighted by atomic mass is 10.2. The van der Waals surface area contributed by atoms with E-state index in [0.29, 0.717) is 10.7 Å². The smallest absolute Gasteiger partial charge is 0.328 e. The highest BCUT2D eigenvalue weighted by Gasteiger charge is 2.18. The Labute approximate surface area is 113 Å². The van der Waals surface area contributed by atoms with E-state index >= 15 is 0 Å². The SMILES string of the molecule is COCC(Nc1cc(Cl)c(C)cc1Br)C(=O)O. The van der Waals surface area contributed by atoms with Gasteiger partial charge in [0.1, 0.15) is 6.04 Å². The monoisotopic (exact) mass is 321 g/mol. The number of halogens is 2. The van der Waals surface area contributed by atoms with Gasteiger partial charge in [-0.3, -0.25) is 0 Å². The number of hydrogen-bond acceptors (Lipinski definition) is 3. The minimum atomic E-state index is -0.976. The second-order valence-corrected chi connectivity index (χ2v) is 4.83. The molecule has 0 aliphatic rings. The molecule has 0 radical (unpaired) electrons. The van der Waals surface area contributed by atoms with Crippen LogP contribution >= 0.6 is 27.5 Å². The molecule has 1 atom stereocenters. The lowest BCUT2D eigenvalue weighted by molar-refractivity contribution is -0.139. The van der Waals surface area contributed by atoms with E-state index in [1.165, 1.54) is 7.11 Å². The third kappa shape index (κ3) is 3.87. The summed E-state index contributed by atoms with van der Waals surface area (Å²) in [5, 5.41) is 12.4. The molecular weight excluding hydrogens is 309 g/mol. The number of nitrogens with one attached hydrogen (secondary N) is 1. The normalized spacial score (nSPS) is 12.2. The summed E-state index contributed by atoms with van der Waals surface area (Å²) in [4.78, 5) is 11.0. The Kier molecular flexibility index (Phi) is 5.24. The van der Waals surface area contributed by atoms with Gasteiger partial charge in [-0.25, -0.2) is 4.79 Å². The molecule has 17 heavy (non-hydrogen) atoms. The van der Waals surface area contributed by atoms with Gasteiger partial charge in [0.25, 0.3) is 0 Å². The average Bonchev–Trinajstić information content (AvgIpc) is 2.24. The van der Waals surface area contributed by atoms with Crippen molar-refractivity contribution in [3.05, 3.63) is 27.2 Å². The first-order valence-electron chi connectivity index (χ1n) is 4.89. The summed E-state index contributed by atoms with van der Waals surface area (Å²) in [6.45, 7) is 1.95. The number of carboxylic acids is 1. The van der Waals surface area contributed by atoms with E-state index in [1.54, 1.807) is 6.07 Å². The van der Waals surface area contributed by atoms with Crippen LogP contribution < -0.4 is 5.32 Å². The fourth-order valence-electron chi connectivity index (χ4n) is 1.29. The molecule has 0 bridgehead atoms. The molecule has 1 aromatic carbocycles. The lowest BCUT2D eigenvalue weighted by Crippen LogP contribution is -2.33. The second-order valence-electron chi connectivity index (χ2n) is 3.57. The number of carboxylic acid groups (broad SMARTS) is 1. The summed E-state index contributed by atoms with van der Waals surface area (Å²) < 4.78 is 5.61. The van der Waals surface area contributed by atoms with Crippen LogP contribution in [0.1, 0.15) is 5.56 Å². The fourth-order valence-corrected chi connectivity index (χ4v) is 2.02. The van der Waals surface area contributed by atoms with Crippen LogP contribution in [0.4, 0.5) is 5.69 Å². The predicted octanol–water partition coefficient (Wildman–Crippen LogP) is 2.92. The Balaban J connectivity index is 2.93. The van der Waals surface area contributed by atoms with E-state index in [0.717, 1.165) is 10.0 Å². The number of aliphatic carboxylic acids is 1. The quantitative estimate of drug-likeness (QED) is 0.875. The van der Waals surface area contributed by atoms with Crippen LogP contribution in [0.15, 0.2) is 16.6 Å². The Morgan fingerprint density at radius 1 is 1.65 bits per heavy atom. The third-order valence-corrected chi connectivity index (χ3v) is 3.27. The minimum Gasteiger partial charge on any atom is -0.480 e. The summed E-state index contributed by atoms with van der Waals surface area (Å²) >= 11 is 9.34. The lowest BCUT2D eigenvalue weighted by Gasteiger charge is -2.16. The van der Waals surface area contributed by atoms with Gasteiger partial charge in [-0.15, -0.1) is 0 Å². The highest BCUT2D eigenvalue weighted by molar-refractivity contribution is 9.10. The number of anilines is 1. The molecule has 0 heterocycles. The van der Waals surface area contributed by atoms with Crippen molar-refractivity contribution in [1.82, 2.24) is 0 Å². The molecule has 1 rings (SSSR count). The summed E-state index contributed by atoms with van der Waals surface area (Å²) in [6, 6.07) is 2.71. The van der Waals surface area contributed by atoms with E-state index in [1.807, 2.05) is 13.0 Å². The standard InChI is InChI=1S/C11H13BrClNO3/c1-6-3-7(12)9(4-8(6)13)14-10(5-17-2)11(15)16/h3-4,10,14H,5H2,1-2H3,(H,15,16). The van der Waals surface area contributed by atoms with Crippen molar-refractivity contribution in [2.75, 3.05) is 19.0 Å². The molecule has 2 N–H and O–H groups in total. The van der Waals surface area contributed by atoms with E-state index < -0.39 is 12.0 Å². The van der Waals surface area contributed by atoms with Gasteiger partial charge in [-0.2, -0.15) is 0 Å². The van der Waals surface area contributed by atoms with Gasteiger partial charge in [0.15, 0.2) is 0 Å². The number of rotatable bonds is 5. The molecule has 1 unspecified atom stereocenters. The molecule has 4 nitrogen and oxygen atoms in total. The molecule has 0 saturated heterocycles. The number of carbonyl (C=O) groups is 1. The van der Waals surface area contributed by atoms with Crippen LogP contribution in [-0.2, 0) is 9.53 Å². The minimum absolute atomic E-state index is 0.0767. The Bertz CT molecular complexity index is 425. The van der Waals surface area contributed by atoms with Crippen molar-refractivity contribution in [3.63, 3.8) is 0 Å². The number of benzene rings is 1. The van der Waals surface area contributed by atoms with Crippen molar-refractivity contribution in [1.29, 1.82) is 0 Å². The number of methoxy groups -OCH3 is 1. The van der Waals surface area contributed by atoms with Gasteiger partial charge < -0.3 is 15.2 Å². The number of aryl methyl sites for hydroxylation is 1. The highest BCUT2D eigenvalue weighted by atomic mass is 79.9. The van der Waals surface area contributed by atoms with Crippen LogP contribution in [-0.4, -0.2) is 30.8 Å². The first kappa shape index (κ1) is 14.3. The maximum absolute atomic E-state index is 11.0. The molecule has 94 valence electrons. The van der Waals surface area contributed by atoms with Crippen molar-refractivity contribution in [3.8, 4) is 0 Å². The maximum atomic E-state index is 11.0. The summed E-state index contributed by atoms with van der Waals surface area (Å²) in [5.74, 6) is -0.976. The molecule has 6 heteroatoms. The van der Waals surface area contributed by atoms with E-state index in [4.69, 9.17) is 21.4 Å². The van der Waals surface area contributed by atoms with Gasteiger partial charge in [0.05, 0.1) is 12.3 Å². The summed E-state index contributed by atoms with van der Waals surface area (Å²) in [5.41, 5.74) is 1.55. The molecule has 0 aromatic heterocycles. The van der Waals surface area contributed by atoms with Crippen LogP contribution in [0, 0.1) is 6.92 Å². The number of hydrogen-bond donors (Lipinski definition) is 2. The average molecular weight is 323 g/mol. The Morgan fingerprint density at radius 2 is 2.29 bits per heavy atom. The van der Waals surface area contributed by atoms with Crippen molar-refractivity contribution in [2.45, 2.75) is 13.0 Å². The highest BCUT2D eigenvalue weighted by Crippen LogP contribution is 2.29. The van der Waals surface area contributed by atoms with Crippen molar-refractivity contribution in [2.24, 2.45) is 0 Å². The van der Waals surface area contributed by atoms with Crippen LogP contribution in [0.2, 0.25) is 5.02 Å². The van der Waals surface area contributed by atoms with E-state index in [-0.39, 0.29) is 6.61 Å². The van der Waals surface area contributed by atoms with Gasteiger partial charge in [0, 0.05) is 16.6 Å². The zero-order valence-electron chi connectivity index (χ0n) is 9.46. The molecule has 0 aliphatic heterocycles. The summed E-state index contributed by atoms with van der Waals surface area (Å²) in [6.07, 6.45) is 0. The molecule has 0 spiro atoms. The molecule has 1 aromatic rings. The van der Waals surface area contributed by atoms with Crippen LogP contribution in [0.5, 0.6) is 0 Å². The molecular formula is C11H13BrClNO3. The fraction of sp³-hybridized carbons (Fsp3) is 0.364. The maximum Gasteiger partial charge on any atom is 0.328 e. The van der Waals surface area contributed by atoms with Crippen LogP contribution in [0.3, 0.4) is 0 Å². The first-order chi connectivity index (χ1) is 7.95. The van der Waals surface area contributed by atoms with Crippen LogP contribution in [0.25, 0.3) is 0 Å². The second kappa shape index (κ2) is 6.23. The van der Waals surface area contributed by atoms with Crippen molar-refractivity contribution < 1.29 is 14.6 Å². The van der Waals surface area contributed by atoms with Gasteiger partial charge in [-0.1, -0.05) is 11.6 Å². The van der Waals surface area contributed by atoms with E-state index in [9.17, 15) is 4.79 Å². The Hall–Kier alpha value is -0.780.